The van der Waals surface area contributed by atoms with Gasteiger partial charge in [-0.1, -0.05) is 0 Å². The van der Waals surface area contributed by atoms with Crippen LogP contribution in [0.15, 0.2) is 12.5 Å². The average Bonchev–Trinajstić information content (AvgIpc) is 3.00. The lowest BCUT2D eigenvalue weighted by Gasteiger charge is -2.16. The van der Waals surface area contributed by atoms with Crippen LogP contribution in [-0.4, -0.2) is 45.6 Å². The molecule has 1 aliphatic heterocycles. The van der Waals surface area contributed by atoms with Crippen LogP contribution in [0.2, 0.25) is 0 Å². The molecule has 1 saturated heterocycles. The van der Waals surface area contributed by atoms with Crippen LogP contribution in [0.5, 0.6) is 0 Å². The summed E-state index contributed by atoms with van der Waals surface area (Å²) in [7, 11) is 0. The molecule has 1 aromatic heterocycles. The van der Waals surface area contributed by atoms with E-state index in [1.807, 2.05) is 0 Å². The Morgan fingerprint density at radius 1 is 1.61 bits per heavy atom. The van der Waals surface area contributed by atoms with E-state index < -0.39 is 12.0 Å². The van der Waals surface area contributed by atoms with Crippen LogP contribution in [0.1, 0.15) is 18.5 Å². The van der Waals surface area contributed by atoms with Crippen molar-refractivity contribution in [2.75, 3.05) is 6.54 Å². The zero-order valence-electron chi connectivity index (χ0n) is 9.85. The molecule has 2 rings (SSSR count). The van der Waals surface area contributed by atoms with Gasteiger partial charge in [0.25, 0.3) is 0 Å². The van der Waals surface area contributed by atoms with Crippen molar-refractivity contribution >= 4 is 11.9 Å². The van der Waals surface area contributed by atoms with E-state index in [0.29, 0.717) is 5.69 Å². The largest absolute Gasteiger partial charge is 0.480 e. The first-order chi connectivity index (χ1) is 8.66. The normalized spacial score (nSPS) is 20.6. The first-order valence-electron chi connectivity index (χ1n) is 5.90. The van der Waals surface area contributed by atoms with Crippen molar-refractivity contribution in [3.63, 3.8) is 0 Å². The molecule has 7 nitrogen and oxygen atoms in total. The van der Waals surface area contributed by atoms with E-state index in [1.165, 1.54) is 6.33 Å². The number of nitrogens with one attached hydrogen (secondary N) is 3. The third kappa shape index (κ3) is 3.07. The topological polar surface area (TPSA) is 107 Å². The monoisotopic (exact) mass is 252 g/mol. The van der Waals surface area contributed by atoms with Gasteiger partial charge in [-0.15, -0.1) is 0 Å². The number of rotatable bonds is 5. The number of nitrogens with zero attached hydrogens (tertiary/aromatic N) is 1. The molecule has 0 aromatic carbocycles. The van der Waals surface area contributed by atoms with E-state index in [-0.39, 0.29) is 18.4 Å². The highest BCUT2D eigenvalue weighted by Crippen LogP contribution is 2.06. The van der Waals surface area contributed by atoms with E-state index in [1.54, 1.807) is 6.20 Å². The van der Waals surface area contributed by atoms with Crippen LogP contribution >= 0.6 is 0 Å². The molecule has 0 aliphatic carbocycles. The molecule has 1 aromatic rings. The highest BCUT2D eigenvalue weighted by atomic mass is 16.4. The number of hydrogen-bond donors (Lipinski definition) is 4. The summed E-state index contributed by atoms with van der Waals surface area (Å²) in [6, 6.07) is -1.20. The maximum absolute atomic E-state index is 11.8. The molecule has 7 heteroatoms. The minimum absolute atomic E-state index is 0.202. The second kappa shape index (κ2) is 5.63. The van der Waals surface area contributed by atoms with Crippen molar-refractivity contribution in [1.82, 2.24) is 20.6 Å². The van der Waals surface area contributed by atoms with Gasteiger partial charge in [0.1, 0.15) is 6.04 Å². The Kier molecular flexibility index (Phi) is 3.93. The van der Waals surface area contributed by atoms with Gasteiger partial charge >= 0.3 is 5.97 Å². The van der Waals surface area contributed by atoms with Gasteiger partial charge in [-0.05, 0) is 19.4 Å². The predicted octanol–water partition coefficient (Wildman–Crippen LogP) is -0.726. The second-order valence-corrected chi connectivity index (χ2v) is 4.33. The third-order valence-electron chi connectivity index (χ3n) is 2.97. The Bertz CT molecular complexity index is 412. The van der Waals surface area contributed by atoms with Crippen LogP contribution in [0, 0.1) is 0 Å². The summed E-state index contributed by atoms with van der Waals surface area (Å²) in [6.45, 7) is 0.802. The van der Waals surface area contributed by atoms with Crippen molar-refractivity contribution in [3.05, 3.63) is 18.2 Å². The molecular weight excluding hydrogens is 236 g/mol. The number of aromatic amines is 1. The molecule has 2 atom stereocenters. The number of carboxylic acid groups (broad SMARTS) is 1. The molecule has 98 valence electrons. The van der Waals surface area contributed by atoms with Gasteiger partial charge in [0.15, 0.2) is 0 Å². The summed E-state index contributed by atoms with van der Waals surface area (Å²) in [4.78, 5) is 29.6. The fourth-order valence-corrected chi connectivity index (χ4v) is 2.00. The Morgan fingerprint density at radius 3 is 3.00 bits per heavy atom. The Morgan fingerprint density at radius 2 is 2.44 bits per heavy atom. The lowest BCUT2D eigenvalue weighted by atomic mass is 10.1. The van der Waals surface area contributed by atoms with Crippen LogP contribution in [0.25, 0.3) is 0 Å². The van der Waals surface area contributed by atoms with Gasteiger partial charge in [-0.2, -0.15) is 0 Å². The number of H-pyrrole nitrogens is 1. The number of hydrogen-bond acceptors (Lipinski definition) is 4. The van der Waals surface area contributed by atoms with Crippen LogP contribution in [0.3, 0.4) is 0 Å². The Hall–Kier alpha value is -1.89. The highest BCUT2D eigenvalue weighted by Gasteiger charge is 2.27. The number of carbonyl (C=O) groups is 2. The predicted molar refractivity (Wildman–Crippen MR) is 62.9 cm³/mol. The summed E-state index contributed by atoms with van der Waals surface area (Å²) in [6.07, 6.45) is 4.93. The van der Waals surface area contributed by atoms with Crippen LogP contribution in [0.4, 0.5) is 0 Å². The third-order valence-corrected chi connectivity index (χ3v) is 2.97. The van der Waals surface area contributed by atoms with Crippen LogP contribution in [-0.2, 0) is 16.0 Å². The maximum atomic E-state index is 11.8. The number of amides is 1. The quantitative estimate of drug-likeness (QED) is 0.553. The molecule has 1 aliphatic rings. The summed E-state index contributed by atoms with van der Waals surface area (Å²) in [5.41, 5.74) is 0.682. The van der Waals surface area contributed by atoms with Gasteiger partial charge in [0, 0.05) is 18.3 Å². The SMILES string of the molecule is O=C(O)[C@@H](Cc1cnc[nH]1)NC(=O)[C@H]1CCCN1. The van der Waals surface area contributed by atoms with E-state index in [4.69, 9.17) is 5.11 Å². The van der Waals surface area contributed by atoms with Gasteiger partial charge in [-0.25, -0.2) is 9.78 Å². The summed E-state index contributed by atoms with van der Waals surface area (Å²) in [5.74, 6) is -1.30. The van der Waals surface area contributed by atoms with Gasteiger partial charge in [0.2, 0.25) is 5.91 Å². The van der Waals surface area contributed by atoms with E-state index in [2.05, 4.69) is 20.6 Å². The standard InChI is InChI=1S/C11H16N4O3/c16-10(8-2-1-3-13-8)15-9(11(17)18)4-7-5-12-6-14-7/h5-6,8-9,13H,1-4H2,(H,12,14)(H,15,16)(H,17,18)/t8-,9-/m1/s1. The maximum Gasteiger partial charge on any atom is 0.326 e. The second-order valence-electron chi connectivity index (χ2n) is 4.33. The van der Waals surface area contributed by atoms with Crippen molar-refractivity contribution in [3.8, 4) is 0 Å². The molecule has 1 amide bonds. The number of carbonyl (C=O) groups excluding carboxylic acids is 1. The van der Waals surface area contributed by atoms with E-state index in [0.717, 1.165) is 19.4 Å². The molecule has 18 heavy (non-hydrogen) atoms. The molecule has 2 heterocycles. The van der Waals surface area contributed by atoms with Crippen molar-refractivity contribution in [2.45, 2.75) is 31.3 Å². The first kappa shape index (κ1) is 12.6. The molecule has 1 fully saturated rings. The number of carboxylic acids is 1. The van der Waals surface area contributed by atoms with Crippen LogP contribution < -0.4 is 10.6 Å². The minimum atomic E-state index is -1.05. The van der Waals surface area contributed by atoms with Crippen molar-refractivity contribution < 1.29 is 14.7 Å². The first-order valence-corrected chi connectivity index (χ1v) is 5.90. The molecule has 0 bridgehead atoms. The van der Waals surface area contributed by atoms with Crippen molar-refractivity contribution in [1.29, 1.82) is 0 Å². The van der Waals surface area contributed by atoms with E-state index in [9.17, 15) is 9.59 Å². The lowest BCUT2D eigenvalue weighted by Crippen LogP contribution is -2.49. The Labute approximate surface area is 104 Å². The molecule has 4 N–H and O–H groups in total. The summed E-state index contributed by atoms with van der Waals surface area (Å²) in [5, 5.41) is 14.7. The fourth-order valence-electron chi connectivity index (χ4n) is 2.00. The molecule has 0 spiro atoms. The molecule has 0 unspecified atom stereocenters. The number of imidazole rings is 1. The lowest BCUT2D eigenvalue weighted by molar-refractivity contribution is -0.142. The van der Waals surface area contributed by atoms with Crippen molar-refractivity contribution in [2.24, 2.45) is 0 Å². The number of aromatic nitrogens is 2. The zero-order valence-corrected chi connectivity index (χ0v) is 9.85. The van der Waals surface area contributed by atoms with Gasteiger partial charge < -0.3 is 20.7 Å². The van der Waals surface area contributed by atoms with Gasteiger partial charge in [0.05, 0.1) is 12.4 Å². The molecule has 0 radical (unpaired) electrons. The minimum Gasteiger partial charge on any atom is -0.480 e. The smallest absolute Gasteiger partial charge is 0.326 e. The zero-order chi connectivity index (χ0) is 13.0. The summed E-state index contributed by atoms with van der Waals surface area (Å²) < 4.78 is 0. The summed E-state index contributed by atoms with van der Waals surface area (Å²) >= 11 is 0. The number of aliphatic carboxylic acids is 1. The van der Waals surface area contributed by atoms with Gasteiger partial charge in [-0.3, -0.25) is 4.79 Å². The fraction of sp³-hybridized carbons (Fsp3) is 0.545. The average molecular weight is 252 g/mol. The molecule has 0 saturated carbocycles. The van der Waals surface area contributed by atoms with E-state index >= 15 is 0 Å². The molecular formula is C11H16N4O3. The highest BCUT2D eigenvalue weighted by molar-refractivity contribution is 5.87. The Balaban J connectivity index is 1.93.